The van der Waals surface area contributed by atoms with Crippen molar-refractivity contribution in [1.82, 2.24) is 4.57 Å². The van der Waals surface area contributed by atoms with E-state index in [-0.39, 0.29) is 12.5 Å². The SMILES string of the molecule is NCc1cccn1CC(=O)Nc1ccccc1Cl. The molecule has 4 nitrogen and oxygen atoms in total. The van der Waals surface area contributed by atoms with E-state index in [1.54, 1.807) is 12.1 Å². The number of anilines is 1. The molecule has 18 heavy (non-hydrogen) atoms. The van der Waals surface area contributed by atoms with Crippen LogP contribution in [-0.2, 0) is 17.9 Å². The zero-order valence-corrected chi connectivity index (χ0v) is 10.5. The van der Waals surface area contributed by atoms with Crippen molar-refractivity contribution in [3.8, 4) is 0 Å². The molecule has 0 saturated carbocycles. The Kier molecular flexibility index (Phi) is 4.02. The Bertz CT molecular complexity index is 551. The summed E-state index contributed by atoms with van der Waals surface area (Å²) in [6.45, 7) is 0.636. The molecular weight excluding hydrogens is 250 g/mol. The molecule has 3 N–H and O–H groups in total. The number of aromatic nitrogens is 1. The topological polar surface area (TPSA) is 60.0 Å². The molecule has 2 aromatic rings. The number of carbonyl (C=O) groups excluding carboxylic acids is 1. The first kappa shape index (κ1) is 12.7. The van der Waals surface area contributed by atoms with Crippen molar-refractivity contribution in [2.75, 3.05) is 5.32 Å². The zero-order valence-electron chi connectivity index (χ0n) is 9.77. The number of carbonyl (C=O) groups is 1. The summed E-state index contributed by atoms with van der Waals surface area (Å²) in [5.74, 6) is -0.131. The lowest BCUT2D eigenvalue weighted by Crippen LogP contribution is -2.20. The third-order valence-electron chi connectivity index (χ3n) is 2.59. The van der Waals surface area contributed by atoms with Gasteiger partial charge in [0, 0.05) is 18.4 Å². The molecule has 1 amide bonds. The van der Waals surface area contributed by atoms with Crippen LogP contribution in [0.5, 0.6) is 0 Å². The van der Waals surface area contributed by atoms with Gasteiger partial charge in [0.2, 0.25) is 5.91 Å². The van der Waals surface area contributed by atoms with E-state index in [9.17, 15) is 4.79 Å². The van der Waals surface area contributed by atoms with E-state index in [1.165, 1.54) is 0 Å². The van der Waals surface area contributed by atoms with Gasteiger partial charge in [0.1, 0.15) is 6.54 Å². The van der Waals surface area contributed by atoms with E-state index in [0.29, 0.717) is 17.3 Å². The van der Waals surface area contributed by atoms with E-state index in [4.69, 9.17) is 17.3 Å². The van der Waals surface area contributed by atoms with Gasteiger partial charge >= 0.3 is 0 Å². The largest absolute Gasteiger partial charge is 0.341 e. The minimum absolute atomic E-state index is 0.131. The second kappa shape index (κ2) is 5.71. The molecule has 0 spiro atoms. The van der Waals surface area contributed by atoms with Gasteiger partial charge in [-0.2, -0.15) is 0 Å². The molecule has 5 heteroatoms. The highest BCUT2D eigenvalue weighted by Gasteiger charge is 2.07. The first-order chi connectivity index (χ1) is 8.70. The molecule has 2 rings (SSSR count). The number of hydrogen-bond donors (Lipinski definition) is 2. The number of nitrogens with zero attached hydrogens (tertiary/aromatic N) is 1. The van der Waals surface area contributed by atoms with Crippen LogP contribution < -0.4 is 11.1 Å². The Morgan fingerprint density at radius 3 is 2.78 bits per heavy atom. The summed E-state index contributed by atoms with van der Waals surface area (Å²) >= 11 is 5.97. The third-order valence-corrected chi connectivity index (χ3v) is 2.92. The first-order valence-corrected chi connectivity index (χ1v) is 5.97. The molecule has 0 bridgehead atoms. The zero-order chi connectivity index (χ0) is 13.0. The summed E-state index contributed by atoms with van der Waals surface area (Å²) in [5.41, 5.74) is 7.11. The van der Waals surface area contributed by atoms with Gasteiger partial charge in [-0.15, -0.1) is 0 Å². The summed E-state index contributed by atoms with van der Waals surface area (Å²) in [5, 5.41) is 3.29. The number of nitrogens with two attached hydrogens (primary N) is 1. The molecule has 1 heterocycles. The molecule has 0 radical (unpaired) electrons. The van der Waals surface area contributed by atoms with Gasteiger partial charge in [-0.3, -0.25) is 4.79 Å². The van der Waals surface area contributed by atoms with Crippen LogP contribution in [0.2, 0.25) is 5.02 Å². The highest BCUT2D eigenvalue weighted by molar-refractivity contribution is 6.33. The maximum Gasteiger partial charge on any atom is 0.244 e. The predicted molar refractivity (Wildman–Crippen MR) is 72.4 cm³/mol. The van der Waals surface area contributed by atoms with Crippen LogP contribution >= 0.6 is 11.6 Å². The lowest BCUT2D eigenvalue weighted by Gasteiger charge is -2.09. The normalized spacial score (nSPS) is 10.3. The Balaban J connectivity index is 2.04. The number of nitrogens with one attached hydrogen (secondary N) is 1. The average molecular weight is 264 g/mol. The second-order valence-electron chi connectivity index (χ2n) is 3.86. The quantitative estimate of drug-likeness (QED) is 0.889. The highest BCUT2D eigenvalue weighted by Crippen LogP contribution is 2.20. The maximum absolute atomic E-state index is 11.9. The van der Waals surface area contributed by atoms with E-state index in [1.807, 2.05) is 35.0 Å². The molecule has 0 atom stereocenters. The molecule has 94 valence electrons. The smallest absolute Gasteiger partial charge is 0.244 e. The van der Waals surface area contributed by atoms with Gasteiger partial charge in [-0.1, -0.05) is 23.7 Å². The average Bonchev–Trinajstić information content (AvgIpc) is 2.79. The lowest BCUT2D eigenvalue weighted by molar-refractivity contribution is -0.116. The Morgan fingerprint density at radius 1 is 1.28 bits per heavy atom. The summed E-state index contributed by atoms with van der Waals surface area (Å²) in [6, 6.07) is 10.9. The fraction of sp³-hybridized carbons (Fsp3) is 0.154. The standard InChI is InChI=1S/C13H14ClN3O/c14-11-5-1-2-6-12(11)16-13(18)9-17-7-3-4-10(17)8-15/h1-7H,8-9,15H2,(H,16,18). The summed E-state index contributed by atoms with van der Waals surface area (Å²) < 4.78 is 1.81. The number of amides is 1. The number of benzene rings is 1. The van der Waals surface area contributed by atoms with E-state index >= 15 is 0 Å². The minimum Gasteiger partial charge on any atom is -0.341 e. The van der Waals surface area contributed by atoms with Crippen molar-refractivity contribution in [2.45, 2.75) is 13.1 Å². The highest BCUT2D eigenvalue weighted by atomic mass is 35.5. The lowest BCUT2D eigenvalue weighted by atomic mass is 10.3. The molecule has 0 saturated heterocycles. The van der Waals surface area contributed by atoms with E-state index < -0.39 is 0 Å². The molecule has 0 unspecified atom stereocenters. The van der Waals surface area contributed by atoms with Gasteiger partial charge in [0.05, 0.1) is 10.7 Å². The van der Waals surface area contributed by atoms with Crippen LogP contribution in [0.15, 0.2) is 42.6 Å². The van der Waals surface area contributed by atoms with Crippen LogP contribution in [0.25, 0.3) is 0 Å². The van der Waals surface area contributed by atoms with Crippen LogP contribution in [0.3, 0.4) is 0 Å². The van der Waals surface area contributed by atoms with Crippen molar-refractivity contribution < 1.29 is 4.79 Å². The van der Waals surface area contributed by atoms with Gasteiger partial charge in [0.25, 0.3) is 0 Å². The number of rotatable bonds is 4. The first-order valence-electron chi connectivity index (χ1n) is 5.59. The van der Waals surface area contributed by atoms with Gasteiger partial charge in [-0.05, 0) is 24.3 Å². The van der Waals surface area contributed by atoms with Gasteiger partial charge in [0.15, 0.2) is 0 Å². The monoisotopic (exact) mass is 263 g/mol. The van der Waals surface area contributed by atoms with Gasteiger partial charge < -0.3 is 15.6 Å². The second-order valence-corrected chi connectivity index (χ2v) is 4.27. The van der Waals surface area contributed by atoms with Crippen LogP contribution in [-0.4, -0.2) is 10.5 Å². The molecule has 0 aliphatic heterocycles. The van der Waals surface area contributed by atoms with Crippen LogP contribution in [0.4, 0.5) is 5.69 Å². The Labute approximate surface area is 110 Å². The van der Waals surface area contributed by atoms with Crippen LogP contribution in [0, 0.1) is 0 Å². The third kappa shape index (κ3) is 2.91. The molecule has 0 fully saturated rings. The minimum atomic E-state index is -0.131. The number of para-hydroxylation sites is 1. The van der Waals surface area contributed by atoms with E-state index in [0.717, 1.165) is 5.69 Å². The van der Waals surface area contributed by atoms with Crippen molar-refractivity contribution in [1.29, 1.82) is 0 Å². The molecular formula is C13H14ClN3O. The number of halogens is 1. The maximum atomic E-state index is 11.9. The summed E-state index contributed by atoms with van der Waals surface area (Å²) in [7, 11) is 0. The summed E-state index contributed by atoms with van der Waals surface area (Å²) in [6.07, 6.45) is 1.83. The van der Waals surface area contributed by atoms with Crippen molar-refractivity contribution in [3.63, 3.8) is 0 Å². The van der Waals surface area contributed by atoms with Gasteiger partial charge in [-0.25, -0.2) is 0 Å². The fourth-order valence-electron chi connectivity index (χ4n) is 1.70. The molecule has 1 aromatic carbocycles. The predicted octanol–water partition coefficient (Wildman–Crippen LogP) is 2.24. The Hall–Kier alpha value is -1.78. The Morgan fingerprint density at radius 2 is 2.06 bits per heavy atom. The summed E-state index contributed by atoms with van der Waals surface area (Å²) in [4.78, 5) is 11.9. The van der Waals surface area contributed by atoms with Crippen molar-refractivity contribution in [2.24, 2.45) is 5.73 Å². The fourth-order valence-corrected chi connectivity index (χ4v) is 1.88. The van der Waals surface area contributed by atoms with Crippen molar-refractivity contribution in [3.05, 3.63) is 53.3 Å². The molecule has 0 aliphatic rings. The number of hydrogen-bond acceptors (Lipinski definition) is 2. The van der Waals surface area contributed by atoms with Crippen molar-refractivity contribution >= 4 is 23.2 Å². The van der Waals surface area contributed by atoms with Crippen LogP contribution in [0.1, 0.15) is 5.69 Å². The molecule has 1 aromatic heterocycles. The molecule has 0 aliphatic carbocycles. The van der Waals surface area contributed by atoms with E-state index in [2.05, 4.69) is 5.32 Å².